The zero-order valence-electron chi connectivity index (χ0n) is 9.82. The van der Waals surface area contributed by atoms with Gasteiger partial charge in [-0.1, -0.05) is 13.8 Å². The molecule has 15 heavy (non-hydrogen) atoms. The molecule has 1 aromatic heterocycles. The molecule has 3 heteroatoms. The van der Waals surface area contributed by atoms with Crippen LogP contribution in [0, 0.1) is 0 Å². The zero-order chi connectivity index (χ0) is 10.7. The van der Waals surface area contributed by atoms with Crippen LogP contribution in [0.5, 0.6) is 0 Å². The highest BCUT2D eigenvalue weighted by molar-refractivity contribution is 4.97. The molecule has 2 rings (SSSR count). The average Bonchev–Trinajstić information content (AvgIpc) is 2.86. The molecule has 0 spiro atoms. The van der Waals surface area contributed by atoms with Gasteiger partial charge in [0, 0.05) is 31.4 Å². The van der Waals surface area contributed by atoms with Gasteiger partial charge >= 0.3 is 0 Å². The summed E-state index contributed by atoms with van der Waals surface area (Å²) in [5.41, 5.74) is 0. The predicted molar refractivity (Wildman–Crippen MR) is 62.0 cm³/mol. The lowest BCUT2D eigenvalue weighted by atomic mass is 10.2. The molecule has 1 aromatic rings. The first-order valence-electron chi connectivity index (χ1n) is 6.01. The molecular formula is C12H21N3. The summed E-state index contributed by atoms with van der Waals surface area (Å²) in [5, 5.41) is 0. The molecule has 84 valence electrons. The lowest BCUT2D eigenvalue weighted by molar-refractivity contribution is 0.320. The maximum atomic E-state index is 4.41. The largest absolute Gasteiger partial charge is 0.333 e. The molecule has 0 aromatic carbocycles. The first-order valence-corrected chi connectivity index (χ1v) is 6.01. The van der Waals surface area contributed by atoms with Crippen LogP contribution in [0.25, 0.3) is 0 Å². The minimum atomic E-state index is 0.526. The lowest BCUT2D eigenvalue weighted by Gasteiger charge is -2.16. The van der Waals surface area contributed by atoms with E-state index in [1.165, 1.54) is 38.3 Å². The Morgan fingerprint density at radius 1 is 1.27 bits per heavy atom. The van der Waals surface area contributed by atoms with Crippen LogP contribution < -0.4 is 0 Å². The average molecular weight is 207 g/mol. The molecule has 0 bridgehead atoms. The Morgan fingerprint density at radius 2 is 2.00 bits per heavy atom. The topological polar surface area (TPSA) is 21.1 Å². The van der Waals surface area contributed by atoms with Crippen molar-refractivity contribution in [2.45, 2.75) is 39.2 Å². The van der Waals surface area contributed by atoms with Crippen LogP contribution in [-0.4, -0.2) is 34.1 Å². The molecule has 0 saturated carbocycles. The first-order chi connectivity index (χ1) is 7.27. The standard InChI is InChI=1S/C12H21N3/c1-11(2)12-13-5-8-15(12)10-9-14-6-3-4-7-14/h5,8,11H,3-4,6-7,9-10H2,1-2H3. The first kappa shape index (κ1) is 10.7. The molecule has 1 aliphatic rings. The number of hydrogen-bond donors (Lipinski definition) is 0. The summed E-state index contributed by atoms with van der Waals surface area (Å²) in [7, 11) is 0. The number of hydrogen-bond acceptors (Lipinski definition) is 2. The molecule has 0 aliphatic carbocycles. The number of imidazole rings is 1. The highest BCUT2D eigenvalue weighted by Gasteiger charge is 2.12. The van der Waals surface area contributed by atoms with Gasteiger partial charge in [-0.3, -0.25) is 0 Å². The summed E-state index contributed by atoms with van der Waals surface area (Å²) >= 11 is 0. The van der Waals surface area contributed by atoms with Crippen molar-refractivity contribution in [3.63, 3.8) is 0 Å². The van der Waals surface area contributed by atoms with E-state index in [0.29, 0.717) is 5.92 Å². The minimum Gasteiger partial charge on any atom is -0.333 e. The summed E-state index contributed by atoms with van der Waals surface area (Å²) < 4.78 is 2.29. The third-order valence-corrected chi connectivity index (χ3v) is 3.12. The van der Waals surface area contributed by atoms with Gasteiger partial charge in [0.2, 0.25) is 0 Å². The zero-order valence-corrected chi connectivity index (χ0v) is 9.82. The second kappa shape index (κ2) is 4.79. The molecule has 2 heterocycles. The van der Waals surface area contributed by atoms with E-state index in [1.54, 1.807) is 0 Å². The van der Waals surface area contributed by atoms with Crippen molar-refractivity contribution in [3.8, 4) is 0 Å². The molecule has 1 saturated heterocycles. The van der Waals surface area contributed by atoms with E-state index < -0.39 is 0 Å². The van der Waals surface area contributed by atoms with Crippen molar-refractivity contribution in [1.29, 1.82) is 0 Å². The normalized spacial score (nSPS) is 17.8. The maximum absolute atomic E-state index is 4.41. The number of likely N-dealkylation sites (tertiary alicyclic amines) is 1. The van der Waals surface area contributed by atoms with Gasteiger partial charge in [0.25, 0.3) is 0 Å². The second-order valence-electron chi connectivity index (χ2n) is 4.68. The molecule has 0 unspecified atom stereocenters. The van der Waals surface area contributed by atoms with E-state index in [0.717, 1.165) is 6.54 Å². The van der Waals surface area contributed by atoms with Crippen LogP contribution in [0.4, 0.5) is 0 Å². The fraction of sp³-hybridized carbons (Fsp3) is 0.750. The monoisotopic (exact) mass is 207 g/mol. The van der Waals surface area contributed by atoms with Crippen molar-refractivity contribution in [2.24, 2.45) is 0 Å². The maximum Gasteiger partial charge on any atom is 0.111 e. The summed E-state index contributed by atoms with van der Waals surface area (Å²) in [4.78, 5) is 6.95. The van der Waals surface area contributed by atoms with Gasteiger partial charge in [0.1, 0.15) is 5.82 Å². The summed E-state index contributed by atoms with van der Waals surface area (Å²) in [6.45, 7) is 9.24. The van der Waals surface area contributed by atoms with Gasteiger partial charge in [-0.2, -0.15) is 0 Å². The van der Waals surface area contributed by atoms with Crippen LogP contribution in [-0.2, 0) is 6.54 Å². The summed E-state index contributed by atoms with van der Waals surface area (Å²) in [6.07, 6.45) is 6.77. The van der Waals surface area contributed by atoms with Crippen molar-refractivity contribution in [1.82, 2.24) is 14.5 Å². The highest BCUT2D eigenvalue weighted by Crippen LogP contribution is 2.12. The number of rotatable bonds is 4. The molecule has 0 radical (unpaired) electrons. The van der Waals surface area contributed by atoms with Gasteiger partial charge in [0.05, 0.1) is 0 Å². The van der Waals surface area contributed by atoms with Gasteiger partial charge in [-0.05, 0) is 25.9 Å². The Bertz CT molecular complexity index is 298. The number of aromatic nitrogens is 2. The van der Waals surface area contributed by atoms with E-state index in [9.17, 15) is 0 Å². The summed E-state index contributed by atoms with van der Waals surface area (Å²) in [5.74, 6) is 1.74. The molecule has 0 atom stereocenters. The van der Waals surface area contributed by atoms with E-state index in [2.05, 4.69) is 34.5 Å². The van der Waals surface area contributed by atoms with Crippen LogP contribution in [0.3, 0.4) is 0 Å². The molecular weight excluding hydrogens is 186 g/mol. The molecule has 1 aliphatic heterocycles. The fourth-order valence-corrected chi connectivity index (χ4v) is 2.27. The van der Waals surface area contributed by atoms with E-state index >= 15 is 0 Å². The smallest absolute Gasteiger partial charge is 0.111 e. The van der Waals surface area contributed by atoms with Crippen molar-refractivity contribution >= 4 is 0 Å². The van der Waals surface area contributed by atoms with Crippen molar-refractivity contribution in [3.05, 3.63) is 18.2 Å². The summed E-state index contributed by atoms with van der Waals surface area (Å²) in [6, 6.07) is 0. The molecule has 3 nitrogen and oxygen atoms in total. The second-order valence-corrected chi connectivity index (χ2v) is 4.68. The van der Waals surface area contributed by atoms with Crippen molar-refractivity contribution in [2.75, 3.05) is 19.6 Å². The quantitative estimate of drug-likeness (QED) is 0.754. The minimum absolute atomic E-state index is 0.526. The molecule has 1 fully saturated rings. The Hall–Kier alpha value is -0.830. The Kier molecular flexibility index (Phi) is 3.41. The third-order valence-electron chi connectivity index (χ3n) is 3.12. The SMILES string of the molecule is CC(C)c1nccn1CCN1CCCC1. The Balaban J connectivity index is 1.89. The van der Waals surface area contributed by atoms with E-state index in [4.69, 9.17) is 0 Å². The van der Waals surface area contributed by atoms with Gasteiger partial charge in [-0.15, -0.1) is 0 Å². The number of nitrogens with zero attached hydrogens (tertiary/aromatic N) is 3. The van der Waals surface area contributed by atoms with Gasteiger partial charge in [0.15, 0.2) is 0 Å². The Labute approximate surface area is 92.1 Å². The highest BCUT2D eigenvalue weighted by atomic mass is 15.2. The van der Waals surface area contributed by atoms with E-state index in [-0.39, 0.29) is 0 Å². The lowest BCUT2D eigenvalue weighted by Crippen LogP contribution is -2.24. The third kappa shape index (κ3) is 2.59. The van der Waals surface area contributed by atoms with Crippen LogP contribution >= 0.6 is 0 Å². The molecule has 0 N–H and O–H groups in total. The van der Waals surface area contributed by atoms with Gasteiger partial charge < -0.3 is 9.47 Å². The van der Waals surface area contributed by atoms with Crippen LogP contribution in [0.15, 0.2) is 12.4 Å². The Morgan fingerprint density at radius 3 is 2.67 bits per heavy atom. The fourth-order valence-electron chi connectivity index (χ4n) is 2.27. The van der Waals surface area contributed by atoms with Crippen LogP contribution in [0.1, 0.15) is 38.4 Å². The van der Waals surface area contributed by atoms with Gasteiger partial charge in [-0.25, -0.2) is 4.98 Å². The predicted octanol–water partition coefficient (Wildman–Crippen LogP) is 2.10. The van der Waals surface area contributed by atoms with E-state index in [1.807, 2.05) is 6.20 Å². The molecule has 0 amide bonds. The van der Waals surface area contributed by atoms with Crippen LogP contribution in [0.2, 0.25) is 0 Å². The van der Waals surface area contributed by atoms with Crippen molar-refractivity contribution < 1.29 is 0 Å².